The van der Waals surface area contributed by atoms with Crippen LogP contribution in [0.4, 0.5) is 23.7 Å². The molecule has 3 aromatic rings. The monoisotopic (exact) mass is 520 g/mol. The van der Waals surface area contributed by atoms with Gasteiger partial charge in [0.25, 0.3) is 0 Å². The number of alkyl halides is 3. The minimum atomic E-state index is -4.68. The van der Waals surface area contributed by atoms with Gasteiger partial charge in [0.1, 0.15) is 10.6 Å². The molecule has 0 atom stereocenters. The summed E-state index contributed by atoms with van der Waals surface area (Å²) in [6.45, 7) is 7.82. The number of carbonyl (C=O) groups excluding carboxylic acids is 1. The highest BCUT2D eigenvalue weighted by molar-refractivity contribution is 7.87. The van der Waals surface area contributed by atoms with Crippen molar-refractivity contribution in [1.82, 2.24) is 4.90 Å². The number of hydrogen-bond donors (Lipinski definition) is 1. The molecule has 0 aromatic heterocycles. The van der Waals surface area contributed by atoms with Crippen molar-refractivity contribution in [2.75, 3.05) is 5.32 Å². The van der Waals surface area contributed by atoms with E-state index in [1.54, 1.807) is 17.0 Å². The third kappa shape index (κ3) is 6.57. The predicted octanol–water partition coefficient (Wildman–Crippen LogP) is 6.53. The molecule has 0 unspecified atom stereocenters. The zero-order chi connectivity index (χ0) is 26.7. The van der Waals surface area contributed by atoms with Crippen LogP contribution in [0, 0.1) is 13.8 Å². The van der Waals surface area contributed by atoms with E-state index in [0.29, 0.717) is 11.6 Å². The zero-order valence-corrected chi connectivity index (χ0v) is 21.1. The summed E-state index contributed by atoms with van der Waals surface area (Å²) in [6, 6.07) is 14.6. The van der Waals surface area contributed by atoms with E-state index < -0.39 is 26.8 Å². The SMILES string of the molecule is Cc1cccc(C)c1NC(=O)N(Cc1ccc(OS(=O)(=O)c2cccc(C(F)(F)F)c2)cc1)C(C)C. The number of carbonyl (C=O) groups is 1. The molecule has 3 aromatic carbocycles. The second-order valence-corrected chi connectivity index (χ2v) is 10.2. The molecule has 192 valence electrons. The fourth-order valence-electron chi connectivity index (χ4n) is 3.53. The van der Waals surface area contributed by atoms with Gasteiger partial charge in [-0.15, -0.1) is 0 Å². The first-order valence-electron chi connectivity index (χ1n) is 11.1. The van der Waals surface area contributed by atoms with Crippen molar-refractivity contribution in [2.24, 2.45) is 0 Å². The van der Waals surface area contributed by atoms with Crippen molar-refractivity contribution in [3.63, 3.8) is 0 Å². The highest BCUT2D eigenvalue weighted by Gasteiger charge is 2.32. The second kappa shape index (κ2) is 10.6. The van der Waals surface area contributed by atoms with E-state index in [4.69, 9.17) is 4.18 Å². The van der Waals surface area contributed by atoms with Gasteiger partial charge in [0.2, 0.25) is 0 Å². The van der Waals surface area contributed by atoms with E-state index >= 15 is 0 Å². The Bertz CT molecular complexity index is 1320. The lowest BCUT2D eigenvalue weighted by Crippen LogP contribution is -2.39. The van der Waals surface area contributed by atoms with Gasteiger partial charge in [-0.3, -0.25) is 0 Å². The van der Waals surface area contributed by atoms with E-state index in [0.717, 1.165) is 35.0 Å². The van der Waals surface area contributed by atoms with Gasteiger partial charge < -0.3 is 14.4 Å². The average Bonchev–Trinajstić information content (AvgIpc) is 2.80. The van der Waals surface area contributed by atoms with Gasteiger partial charge in [0.05, 0.1) is 5.56 Å². The Morgan fingerprint density at radius 3 is 2.11 bits per heavy atom. The van der Waals surface area contributed by atoms with E-state index in [9.17, 15) is 26.4 Å². The van der Waals surface area contributed by atoms with Gasteiger partial charge in [-0.05, 0) is 74.7 Å². The summed E-state index contributed by atoms with van der Waals surface area (Å²) in [4.78, 5) is 14.0. The van der Waals surface area contributed by atoms with Crippen LogP contribution < -0.4 is 9.50 Å². The van der Waals surface area contributed by atoms with Crippen LogP contribution in [0.5, 0.6) is 5.75 Å². The van der Waals surface area contributed by atoms with Crippen LogP contribution in [0.2, 0.25) is 0 Å². The van der Waals surface area contributed by atoms with Crippen LogP contribution in [0.3, 0.4) is 0 Å². The molecule has 0 saturated heterocycles. The molecule has 0 aliphatic rings. The number of benzene rings is 3. The third-order valence-corrected chi connectivity index (χ3v) is 6.77. The molecule has 1 N–H and O–H groups in total. The first-order chi connectivity index (χ1) is 16.8. The molecule has 0 heterocycles. The minimum absolute atomic E-state index is 0.0627. The van der Waals surface area contributed by atoms with Crippen molar-refractivity contribution in [2.45, 2.75) is 51.4 Å². The first kappa shape index (κ1) is 27.1. The maximum absolute atomic E-state index is 13.0. The number of para-hydroxylation sites is 1. The quantitative estimate of drug-likeness (QED) is 0.359. The van der Waals surface area contributed by atoms with Crippen LogP contribution in [0.1, 0.15) is 36.1 Å². The number of anilines is 1. The van der Waals surface area contributed by atoms with Crippen LogP contribution in [0.25, 0.3) is 0 Å². The number of rotatable bonds is 7. The van der Waals surface area contributed by atoms with Crippen molar-refractivity contribution >= 4 is 21.8 Å². The van der Waals surface area contributed by atoms with Gasteiger partial charge >= 0.3 is 22.3 Å². The first-order valence-corrected chi connectivity index (χ1v) is 12.5. The smallest absolute Gasteiger partial charge is 0.379 e. The average molecular weight is 521 g/mol. The molecule has 36 heavy (non-hydrogen) atoms. The molecule has 6 nitrogen and oxygen atoms in total. The molecule has 0 radical (unpaired) electrons. The van der Waals surface area contributed by atoms with Gasteiger partial charge in [-0.1, -0.05) is 36.4 Å². The highest BCUT2D eigenvalue weighted by atomic mass is 32.2. The molecular formula is C26H27F3N2O4S. The lowest BCUT2D eigenvalue weighted by atomic mass is 10.1. The summed E-state index contributed by atoms with van der Waals surface area (Å²) in [6.07, 6.45) is -4.68. The Morgan fingerprint density at radius 2 is 1.56 bits per heavy atom. The lowest BCUT2D eigenvalue weighted by Gasteiger charge is -2.28. The molecule has 0 spiro atoms. The zero-order valence-electron chi connectivity index (χ0n) is 20.3. The number of urea groups is 1. The second-order valence-electron chi connectivity index (χ2n) is 8.63. The molecule has 0 saturated carbocycles. The van der Waals surface area contributed by atoms with Crippen LogP contribution in [0.15, 0.2) is 71.6 Å². The fourth-order valence-corrected chi connectivity index (χ4v) is 4.51. The van der Waals surface area contributed by atoms with Crippen molar-refractivity contribution in [3.05, 3.63) is 89.0 Å². The summed E-state index contributed by atoms with van der Waals surface area (Å²) in [5.41, 5.74) is 2.25. The van der Waals surface area contributed by atoms with E-state index in [1.807, 2.05) is 45.9 Å². The number of nitrogens with one attached hydrogen (secondary N) is 1. The Balaban J connectivity index is 1.73. The normalized spacial score (nSPS) is 11.9. The van der Waals surface area contributed by atoms with Crippen molar-refractivity contribution in [3.8, 4) is 5.75 Å². The summed E-state index contributed by atoms with van der Waals surface area (Å²) in [7, 11) is -4.48. The van der Waals surface area contributed by atoms with Gasteiger partial charge in [0.15, 0.2) is 0 Å². The van der Waals surface area contributed by atoms with Gasteiger partial charge in [-0.2, -0.15) is 21.6 Å². The van der Waals surface area contributed by atoms with E-state index in [1.165, 1.54) is 12.1 Å². The van der Waals surface area contributed by atoms with Crippen molar-refractivity contribution < 1.29 is 30.6 Å². The molecule has 10 heteroatoms. The Labute approximate surface area is 208 Å². The Kier molecular flexibility index (Phi) is 7.98. The topological polar surface area (TPSA) is 75.7 Å². The van der Waals surface area contributed by atoms with Crippen LogP contribution in [-0.4, -0.2) is 25.4 Å². The molecule has 2 amide bonds. The number of nitrogens with zero attached hydrogens (tertiary/aromatic N) is 1. The van der Waals surface area contributed by atoms with Gasteiger partial charge in [-0.25, -0.2) is 4.79 Å². The Hall–Kier alpha value is -3.53. The van der Waals surface area contributed by atoms with E-state index in [-0.39, 0.29) is 24.4 Å². The molecular weight excluding hydrogens is 493 g/mol. The van der Waals surface area contributed by atoms with Crippen LogP contribution >= 0.6 is 0 Å². The summed E-state index contributed by atoms with van der Waals surface area (Å²) < 4.78 is 68.8. The molecule has 0 bridgehead atoms. The highest BCUT2D eigenvalue weighted by Crippen LogP contribution is 2.31. The summed E-state index contributed by atoms with van der Waals surface area (Å²) in [5, 5.41) is 2.96. The molecule has 0 fully saturated rings. The fraction of sp³-hybridized carbons (Fsp3) is 0.269. The van der Waals surface area contributed by atoms with Crippen LogP contribution in [-0.2, 0) is 22.8 Å². The predicted molar refractivity (Wildman–Crippen MR) is 131 cm³/mol. The number of hydrogen-bond acceptors (Lipinski definition) is 4. The van der Waals surface area contributed by atoms with E-state index in [2.05, 4.69) is 5.32 Å². The lowest BCUT2D eigenvalue weighted by molar-refractivity contribution is -0.137. The number of halogens is 3. The standard InChI is InChI=1S/C26H27F3N2O4S/c1-17(2)31(25(32)30-24-18(3)7-5-8-19(24)4)16-20-11-13-22(14-12-20)35-36(33,34)23-10-6-9-21(15-23)26(27,28)29/h5-15,17H,16H2,1-4H3,(H,30,32). The Morgan fingerprint density at radius 1 is 0.972 bits per heavy atom. The maximum Gasteiger partial charge on any atom is 0.416 e. The maximum atomic E-state index is 13.0. The minimum Gasteiger partial charge on any atom is -0.379 e. The number of amides is 2. The molecule has 3 rings (SSSR count). The van der Waals surface area contributed by atoms with Crippen molar-refractivity contribution in [1.29, 1.82) is 0 Å². The third-order valence-electron chi connectivity index (χ3n) is 5.53. The van der Waals surface area contributed by atoms with Gasteiger partial charge in [0, 0.05) is 18.3 Å². The summed E-state index contributed by atoms with van der Waals surface area (Å²) >= 11 is 0. The number of aryl methyl sites for hydroxylation is 2. The molecule has 0 aliphatic carbocycles. The largest absolute Gasteiger partial charge is 0.416 e. The summed E-state index contributed by atoms with van der Waals surface area (Å²) in [5.74, 6) is -0.0627. The molecule has 0 aliphatic heterocycles.